The van der Waals surface area contributed by atoms with Gasteiger partial charge < -0.3 is 29.5 Å². The molecule has 0 atom stereocenters. The van der Waals surface area contributed by atoms with Crippen molar-refractivity contribution in [1.82, 2.24) is 4.98 Å². The minimum atomic E-state index is -0.471. The van der Waals surface area contributed by atoms with Crippen molar-refractivity contribution in [3.05, 3.63) is 534 Å². The minimum Gasteiger partial charge on any atom is -0.457 e. The number of furan rings is 2. The lowest BCUT2D eigenvalue weighted by molar-refractivity contribution is 0.436. The standard InChI is InChI=1S/C43H27NO2.C43H27NOS.C42H26N2S2/c1-4-13-33-30(10-1)31-11-2-5-14-34(31)43(33)35-15-6-8-18-39(35)46-40-25-22-28(26-36(40)43)27-20-23-29(24-21-27)44-37-16-9-19-41-42(37)32-12-3-7-17-38(32)45-41;1-4-13-33-30(10-1)31-11-2-5-14-34(31)43(33)35-15-6-8-19-40(35)46-41-25-22-28(26-36(41)43)27-20-23-29(24-21-27)44-37-16-9-18-39-42(37)32-12-3-7-17-38(32)45-39;1-4-14-32-29(10-1)30-11-2-5-15-33(30)42(32)34-16-6-8-18-37(34)46-38-22-21-27(24-35(38)42)44-40-23-20-26(25-43-40)28-13-9-19-39-41(28)31-12-3-7-17-36(31)45-39/h2*1-26,44H;1-25H,(H,43,44). The van der Waals surface area contributed by atoms with Gasteiger partial charge in [-0.1, -0.05) is 339 Å². The lowest BCUT2D eigenvalue weighted by atomic mass is 9.66. The number of hydrogen-bond acceptors (Lipinski definition) is 10. The first-order valence-corrected chi connectivity index (χ1v) is 49.3. The Bertz CT molecular complexity index is 8650. The highest BCUT2D eigenvalue weighted by Gasteiger charge is 2.54. The molecule has 6 aliphatic rings. The van der Waals surface area contributed by atoms with E-state index in [0.29, 0.717) is 0 Å². The molecule has 3 aliphatic carbocycles. The van der Waals surface area contributed by atoms with Crippen LogP contribution in [0.2, 0.25) is 0 Å². The van der Waals surface area contributed by atoms with Crippen LogP contribution in [0.5, 0.6) is 11.5 Å². The normalized spacial score (nSPS) is 13.7. The Hall–Kier alpha value is -16.7. The third kappa shape index (κ3) is 12.2. The van der Waals surface area contributed by atoms with Gasteiger partial charge in [0, 0.05) is 90.5 Å². The molecule has 10 heteroatoms. The van der Waals surface area contributed by atoms with Crippen LogP contribution in [-0.4, -0.2) is 4.98 Å². The maximum absolute atomic E-state index is 6.61. The zero-order valence-corrected chi connectivity index (χ0v) is 76.8. The zero-order valence-electron chi connectivity index (χ0n) is 74.4. The molecule has 0 fully saturated rings. The van der Waals surface area contributed by atoms with E-state index < -0.39 is 5.41 Å². The van der Waals surface area contributed by atoms with Crippen LogP contribution in [0.15, 0.2) is 496 Å². The lowest BCUT2D eigenvalue weighted by Crippen LogP contribution is -2.32. The van der Waals surface area contributed by atoms with Gasteiger partial charge >= 0.3 is 0 Å². The van der Waals surface area contributed by atoms with Crippen molar-refractivity contribution in [1.29, 1.82) is 0 Å². The quantitative estimate of drug-likeness (QED) is 0.131. The summed E-state index contributed by atoms with van der Waals surface area (Å²) in [6, 6.07) is 166. The fraction of sp³-hybridized carbons (Fsp3) is 0.0234. The Labute approximate surface area is 809 Å². The summed E-state index contributed by atoms with van der Waals surface area (Å²) >= 11 is 5.60. The molecule has 0 bridgehead atoms. The van der Waals surface area contributed by atoms with Gasteiger partial charge in [0.25, 0.3) is 0 Å². The molecule has 0 amide bonds. The molecule has 0 saturated heterocycles. The Kier molecular flexibility index (Phi) is 18.3. The summed E-state index contributed by atoms with van der Waals surface area (Å²) in [5, 5.41) is 18.0. The molecule has 648 valence electrons. The van der Waals surface area contributed by atoms with E-state index in [1.165, 1.54) is 157 Å². The first-order chi connectivity index (χ1) is 68.4. The second kappa shape index (κ2) is 31.7. The number of aromatic nitrogens is 1. The van der Waals surface area contributed by atoms with E-state index in [-0.39, 0.29) is 10.8 Å². The summed E-state index contributed by atoms with van der Waals surface area (Å²) in [6.45, 7) is 0. The van der Waals surface area contributed by atoms with E-state index in [1.54, 1.807) is 0 Å². The fourth-order valence-corrected chi connectivity index (χ4v) is 26.8. The second-order valence-electron chi connectivity index (χ2n) is 36.2. The Balaban J connectivity index is 0.000000102. The monoisotopic (exact) mass is 1820 g/mol. The Morgan fingerprint density at radius 3 is 1.09 bits per heavy atom. The number of nitrogens with zero attached hydrogens (tertiary/aromatic N) is 1. The van der Waals surface area contributed by atoms with E-state index in [1.807, 2.05) is 89.6 Å². The van der Waals surface area contributed by atoms with Crippen molar-refractivity contribution < 1.29 is 13.6 Å². The highest BCUT2D eigenvalue weighted by molar-refractivity contribution is 7.99. The van der Waals surface area contributed by atoms with E-state index in [9.17, 15) is 0 Å². The number of fused-ring (bicyclic) bond motifs is 36. The summed E-state index contributed by atoms with van der Waals surface area (Å²) in [4.78, 5) is 10.2. The molecule has 20 aromatic carbocycles. The Morgan fingerprint density at radius 2 is 0.580 bits per heavy atom. The smallest absolute Gasteiger partial charge is 0.137 e. The van der Waals surface area contributed by atoms with Crippen LogP contribution >= 0.6 is 34.9 Å². The molecule has 3 N–H and O–H groups in total. The van der Waals surface area contributed by atoms with Gasteiger partial charge in [0.15, 0.2) is 0 Å². The molecular formula is C128H80N4O3S3. The maximum atomic E-state index is 6.61. The van der Waals surface area contributed by atoms with Gasteiger partial charge in [0.1, 0.15) is 39.6 Å². The molecule has 7 heterocycles. The number of rotatable bonds is 9. The summed E-state index contributed by atoms with van der Waals surface area (Å²) in [5.74, 6) is 2.63. The van der Waals surface area contributed by atoms with Gasteiger partial charge in [-0.15, -0.1) is 11.3 Å². The third-order valence-electron chi connectivity index (χ3n) is 29.1. The van der Waals surface area contributed by atoms with Crippen LogP contribution in [0.3, 0.4) is 0 Å². The number of anilines is 6. The maximum Gasteiger partial charge on any atom is 0.137 e. The van der Waals surface area contributed by atoms with Crippen LogP contribution in [-0.2, 0) is 16.2 Å². The minimum absolute atomic E-state index is 0.367. The summed E-state index contributed by atoms with van der Waals surface area (Å²) in [7, 11) is 0. The van der Waals surface area contributed by atoms with Crippen LogP contribution in [0, 0.1) is 0 Å². The number of para-hydroxylation sites is 3. The lowest BCUT2D eigenvalue weighted by Gasteiger charge is -2.40. The highest BCUT2D eigenvalue weighted by atomic mass is 32.2. The van der Waals surface area contributed by atoms with Gasteiger partial charge in [0.2, 0.25) is 0 Å². The molecule has 30 rings (SSSR count). The molecule has 0 saturated carbocycles. The first-order valence-electron chi connectivity index (χ1n) is 46.9. The van der Waals surface area contributed by atoms with Crippen molar-refractivity contribution >= 4 is 133 Å². The first kappa shape index (κ1) is 79.8. The van der Waals surface area contributed by atoms with Crippen molar-refractivity contribution in [2.75, 3.05) is 16.0 Å². The van der Waals surface area contributed by atoms with Crippen molar-refractivity contribution in [3.63, 3.8) is 0 Å². The highest BCUT2D eigenvalue weighted by Crippen LogP contribution is 2.67. The van der Waals surface area contributed by atoms with Crippen LogP contribution in [0.25, 0.3) is 131 Å². The van der Waals surface area contributed by atoms with Gasteiger partial charge in [-0.2, -0.15) is 0 Å². The van der Waals surface area contributed by atoms with Crippen molar-refractivity contribution in [2.45, 2.75) is 35.8 Å². The summed E-state index contributed by atoms with van der Waals surface area (Å²) in [5.41, 5.74) is 38.1. The number of pyridine rings is 1. The topological polar surface area (TPSA) is 84.5 Å². The predicted molar refractivity (Wildman–Crippen MR) is 570 cm³/mol. The third-order valence-corrected chi connectivity index (χ3v) is 32.5. The van der Waals surface area contributed by atoms with Gasteiger partial charge in [-0.3, -0.25) is 0 Å². The Morgan fingerprint density at radius 1 is 0.217 bits per heavy atom. The zero-order chi connectivity index (χ0) is 90.7. The average molecular weight is 1820 g/mol. The number of ether oxygens (including phenoxy) is 1. The van der Waals surface area contributed by atoms with Gasteiger partial charge in [-0.05, 0) is 262 Å². The largest absolute Gasteiger partial charge is 0.457 e. The SMILES string of the molecule is c1ccc2c(c1)Oc1ccc(-c3ccc(Nc4cccc5oc6ccccc6c45)cc3)cc1C21c2ccccc2-c2ccccc21.c1ccc2c(c1)Sc1ccc(-c3ccc(Nc4cccc5oc6ccccc6c45)cc3)cc1C21c2ccccc2-c2ccccc21.c1ccc2c(c1)Sc1ccc(Nc3ccc(-c4cccc5sc6ccccc6c45)cn3)cc1C21c2ccccc2-c2ccccc21. The van der Waals surface area contributed by atoms with Crippen LogP contribution < -0.4 is 20.7 Å². The summed E-state index contributed by atoms with van der Waals surface area (Å²) in [6.07, 6.45) is 2.00. The number of benzene rings is 20. The van der Waals surface area contributed by atoms with Gasteiger partial charge in [0.05, 0.1) is 38.4 Å². The molecule has 3 aliphatic heterocycles. The predicted octanol–water partition coefficient (Wildman–Crippen LogP) is 35.0. The number of hydrogen-bond donors (Lipinski definition) is 3. The molecular weight excluding hydrogens is 1740 g/mol. The molecule has 138 heavy (non-hydrogen) atoms. The van der Waals surface area contributed by atoms with E-state index in [0.717, 1.165) is 106 Å². The summed E-state index contributed by atoms with van der Waals surface area (Å²) < 4.78 is 21.5. The van der Waals surface area contributed by atoms with Crippen molar-refractivity contribution in [2.24, 2.45) is 0 Å². The van der Waals surface area contributed by atoms with Crippen LogP contribution in [0.1, 0.15) is 66.8 Å². The fourth-order valence-electron chi connectivity index (χ4n) is 23.4. The molecule has 3 spiro atoms. The average Bonchev–Trinajstić information content (AvgIpc) is 1.51. The second-order valence-corrected chi connectivity index (χ2v) is 39.5. The molecule has 24 aromatic rings. The van der Waals surface area contributed by atoms with Crippen LogP contribution in [0.4, 0.5) is 34.3 Å². The molecule has 7 nitrogen and oxygen atoms in total. The number of nitrogens with one attached hydrogen (secondary N) is 3. The van der Waals surface area contributed by atoms with E-state index >= 15 is 0 Å². The van der Waals surface area contributed by atoms with E-state index in [4.69, 9.17) is 18.6 Å². The van der Waals surface area contributed by atoms with E-state index in [2.05, 4.69) is 428 Å². The van der Waals surface area contributed by atoms with Gasteiger partial charge in [-0.25, -0.2) is 4.98 Å². The van der Waals surface area contributed by atoms with Crippen molar-refractivity contribution in [3.8, 4) is 78.3 Å². The number of thiophene rings is 1. The molecule has 0 radical (unpaired) electrons. The molecule has 4 aromatic heterocycles. The molecule has 0 unspecified atom stereocenters.